The quantitative estimate of drug-likeness (QED) is 0.577. The molecule has 5 rings (SSSR count). The topological polar surface area (TPSA) is 75.5 Å². The van der Waals surface area contributed by atoms with Crippen molar-refractivity contribution in [3.63, 3.8) is 0 Å². The van der Waals surface area contributed by atoms with E-state index in [9.17, 15) is 4.21 Å². The zero-order chi connectivity index (χ0) is 19.3. The van der Waals surface area contributed by atoms with Gasteiger partial charge in [-0.25, -0.2) is 9.97 Å². The smallest absolute Gasteiger partial charge is 0.146 e. The second-order valence-corrected chi connectivity index (χ2v) is 8.37. The monoisotopic (exact) mass is 395 g/mol. The molecule has 4 aromatic rings. The number of rotatable bonds is 3. The van der Waals surface area contributed by atoms with E-state index in [0.717, 1.165) is 45.2 Å². The number of H-pyrrole nitrogens is 1. The van der Waals surface area contributed by atoms with Gasteiger partial charge in [-0.15, -0.1) is 0 Å². The van der Waals surface area contributed by atoms with Crippen LogP contribution in [0.5, 0.6) is 0 Å². The maximum Gasteiger partial charge on any atom is 0.146 e. The molecular formula is C20H21N5O2S. The lowest BCUT2D eigenvalue weighted by atomic mass is 10.1. The number of nitrogens with zero attached hydrogens (tertiary/aromatic N) is 4. The van der Waals surface area contributed by atoms with E-state index in [4.69, 9.17) is 9.72 Å². The Kier molecular flexibility index (Phi) is 4.17. The molecule has 8 heteroatoms. The van der Waals surface area contributed by atoms with Gasteiger partial charge in [0.2, 0.25) is 0 Å². The highest BCUT2D eigenvalue weighted by atomic mass is 32.2. The summed E-state index contributed by atoms with van der Waals surface area (Å²) in [6.07, 6.45) is 7.37. The predicted molar refractivity (Wildman–Crippen MR) is 110 cm³/mol. The van der Waals surface area contributed by atoms with Crippen molar-refractivity contribution in [2.75, 3.05) is 30.9 Å². The molecule has 1 aliphatic heterocycles. The Morgan fingerprint density at radius 1 is 1.29 bits per heavy atom. The molecule has 2 unspecified atom stereocenters. The molecule has 1 aliphatic rings. The summed E-state index contributed by atoms with van der Waals surface area (Å²) in [5, 5.41) is 1.78. The lowest BCUT2D eigenvalue weighted by molar-refractivity contribution is 0.0985. The van der Waals surface area contributed by atoms with Gasteiger partial charge in [0.25, 0.3) is 0 Å². The van der Waals surface area contributed by atoms with E-state index >= 15 is 0 Å². The van der Waals surface area contributed by atoms with Crippen LogP contribution in [0.4, 0.5) is 5.82 Å². The van der Waals surface area contributed by atoms with Crippen LogP contribution in [0.2, 0.25) is 0 Å². The highest BCUT2D eigenvalue weighted by Gasteiger charge is 2.23. The SMILES string of the molecule is CC1COCCN1c1cn2c(S(C)=O)ccc2c(-c2ccnc3[nH]ccc23)n1. The molecule has 4 aromatic heterocycles. The van der Waals surface area contributed by atoms with Gasteiger partial charge < -0.3 is 19.0 Å². The van der Waals surface area contributed by atoms with E-state index in [0.29, 0.717) is 13.2 Å². The Balaban J connectivity index is 1.80. The van der Waals surface area contributed by atoms with Gasteiger partial charge in [-0.2, -0.15) is 0 Å². The van der Waals surface area contributed by atoms with E-state index in [1.165, 1.54) is 0 Å². The van der Waals surface area contributed by atoms with Crippen molar-refractivity contribution in [3.05, 3.63) is 42.9 Å². The molecule has 0 aliphatic carbocycles. The van der Waals surface area contributed by atoms with Crippen molar-refractivity contribution in [1.82, 2.24) is 19.4 Å². The Bertz CT molecular complexity index is 1200. The van der Waals surface area contributed by atoms with Crippen molar-refractivity contribution in [2.45, 2.75) is 18.0 Å². The molecule has 0 aromatic carbocycles. The third-order valence-corrected chi connectivity index (χ3v) is 6.19. The fraction of sp³-hybridized carbons (Fsp3) is 0.300. The minimum Gasteiger partial charge on any atom is -0.377 e. The van der Waals surface area contributed by atoms with Crippen molar-refractivity contribution < 1.29 is 8.95 Å². The van der Waals surface area contributed by atoms with E-state index in [-0.39, 0.29) is 6.04 Å². The minimum atomic E-state index is -1.10. The van der Waals surface area contributed by atoms with Crippen molar-refractivity contribution in [2.24, 2.45) is 0 Å². The number of hydrogen-bond donors (Lipinski definition) is 1. The van der Waals surface area contributed by atoms with Crippen LogP contribution in [0.25, 0.3) is 27.8 Å². The maximum absolute atomic E-state index is 12.3. The second-order valence-electron chi connectivity index (χ2n) is 7.04. The van der Waals surface area contributed by atoms with Crippen LogP contribution in [-0.4, -0.2) is 55.6 Å². The van der Waals surface area contributed by atoms with Crippen LogP contribution in [0.1, 0.15) is 6.92 Å². The lowest BCUT2D eigenvalue weighted by Crippen LogP contribution is -2.44. The first-order chi connectivity index (χ1) is 13.6. The summed E-state index contributed by atoms with van der Waals surface area (Å²) in [7, 11) is -1.10. The first-order valence-electron chi connectivity index (χ1n) is 9.26. The van der Waals surface area contributed by atoms with E-state index < -0.39 is 10.8 Å². The van der Waals surface area contributed by atoms with Gasteiger partial charge in [0, 0.05) is 36.1 Å². The molecule has 144 valence electrons. The van der Waals surface area contributed by atoms with Gasteiger partial charge >= 0.3 is 0 Å². The summed E-state index contributed by atoms with van der Waals surface area (Å²) in [5.41, 5.74) is 3.63. The average molecular weight is 395 g/mol. The first kappa shape index (κ1) is 17.4. The number of aromatic amines is 1. The summed E-state index contributed by atoms with van der Waals surface area (Å²) in [6.45, 7) is 4.26. The zero-order valence-electron chi connectivity index (χ0n) is 15.8. The van der Waals surface area contributed by atoms with Crippen LogP contribution in [0.3, 0.4) is 0 Å². The molecule has 28 heavy (non-hydrogen) atoms. The number of fused-ring (bicyclic) bond motifs is 2. The van der Waals surface area contributed by atoms with Crippen LogP contribution < -0.4 is 4.90 Å². The third-order valence-electron chi connectivity index (χ3n) is 5.27. The standard InChI is InChI=1S/C20H21N5O2S/c1-13-12-27-10-9-24(13)17-11-25-16(3-4-18(25)28(2)26)19(23-17)14-5-7-21-20-15(14)6-8-22-20/h3-8,11,13H,9-10,12H2,1-2H3,(H,21,22). The minimum absolute atomic E-state index is 0.224. The van der Waals surface area contributed by atoms with Crippen LogP contribution >= 0.6 is 0 Å². The Morgan fingerprint density at radius 2 is 2.18 bits per heavy atom. The molecular weight excluding hydrogens is 374 g/mol. The molecule has 0 saturated carbocycles. The predicted octanol–water partition coefficient (Wildman–Crippen LogP) is 2.84. The summed E-state index contributed by atoms with van der Waals surface area (Å²) in [4.78, 5) is 14.9. The lowest BCUT2D eigenvalue weighted by Gasteiger charge is -2.34. The first-order valence-corrected chi connectivity index (χ1v) is 10.8. The zero-order valence-corrected chi connectivity index (χ0v) is 16.6. The van der Waals surface area contributed by atoms with E-state index in [1.54, 1.807) is 12.5 Å². The number of aromatic nitrogens is 4. The van der Waals surface area contributed by atoms with Crippen molar-refractivity contribution >= 4 is 33.2 Å². The number of ether oxygens (including phenoxy) is 1. The summed E-state index contributed by atoms with van der Waals surface area (Å²) < 4.78 is 19.9. The number of morpholine rings is 1. The molecule has 7 nitrogen and oxygen atoms in total. The van der Waals surface area contributed by atoms with Crippen LogP contribution in [0, 0.1) is 0 Å². The van der Waals surface area contributed by atoms with Gasteiger partial charge in [0.1, 0.15) is 16.5 Å². The van der Waals surface area contributed by atoms with Crippen LogP contribution in [0.15, 0.2) is 47.9 Å². The largest absolute Gasteiger partial charge is 0.377 e. The highest BCUT2D eigenvalue weighted by Crippen LogP contribution is 2.33. The maximum atomic E-state index is 12.3. The molecule has 2 atom stereocenters. The van der Waals surface area contributed by atoms with Crippen molar-refractivity contribution in [3.8, 4) is 11.3 Å². The van der Waals surface area contributed by atoms with Crippen LogP contribution in [-0.2, 0) is 15.5 Å². The number of hydrogen-bond acceptors (Lipinski definition) is 5. The Hall–Kier alpha value is -2.71. The molecule has 0 bridgehead atoms. The molecule has 5 heterocycles. The summed E-state index contributed by atoms with van der Waals surface area (Å²) >= 11 is 0. The van der Waals surface area contributed by atoms with Gasteiger partial charge in [0.15, 0.2) is 0 Å². The van der Waals surface area contributed by atoms with E-state index in [1.807, 2.05) is 41.1 Å². The van der Waals surface area contributed by atoms with Gasteiger partial charge in [0.05, 0.1) is 47.5 Å². The Morgan fingerprint density at radius 3 is 3.00 bits per heavy atom. The Labute approximate surface area is 164 Å². The van der Waals surface area contributed by atoms with Gasteiger partial charge in [-0.05, 0) is 31.2 Å². The third kappa shape index (κ3) is 2.71. The fourth-order valence-corrected chi connectivity index (χ4v) is 4.57. The molecule has 1 saturated heterocycles. The highest BCUT2D eigenvalue weighted by molar-refractivity contribution is 7.84. The summed E-state index contributed by atoms with van der Waals surface area (Å²) in [6, 6.07) is 8.13. The summed E-state index contributed by atoms with van der Waals surface area (Å²) in [5.74, 6) is 0.863. The molecule has 1 N–H and O–H groups in total. The molecule has 0 amide bonds. The average Bonchev–Trinajstić information content (AvgIpc) is 3.34. The molecule has 0 spiro atoms. The van der Waals surface area contributed by atoms with Gasteiger partial charge in [-0.1, -0.05) is 0 Å². The fourth-order valence-electron chi connectivity index (χ4n) is 3.88. The number of pyridine rings is 1. The molecule has 0 radical (unpaired) electrons. The van der Waals surface area contributed by atoms with Gasteiger partial charge in [-0.3, -0.25) is 4.21 Å². The van der Waals surface area contributed by atoms with E-state index in [2.05, 4.69) is 21.8 Å². The molecule has 1 fully saturated rings. The van der Waals surface area contributed by atoms with Crippen molar-refractivity contribution in [1.29, 1.82) is 0 Å². The normalized spacial score (nSPS) is 18.8. The second kappa shape index (κ2) is 6.72. The number of nitrogens with one attached hydrogen (secondary N) is 1. The number of anilines is 1.